The number of rotatable bonds is 7. The van der Waals surface area contributed by atoms with Crippen LogP contribution >= 0.6 is 0 Å². The number of nitrogens with one attached hydrogen (secondary N) is 1. The topological polar surface area (TPSA) is 95.6 Å². The van der Waals surface area contributed by atoms with E-state index in [0.29, 0.717) is 36.6 Å². The lowest BCUT2D eigenvalue weighted by molar-refractivity contribution is -0.132. The minimum Gasteiger partial charge on any atom is -0.493 e. The SMILES string of the molecule is CC(C)c1ccc(OCCC(=O)N2CCN(S(=O)(=O)c3c[nH]c4ncccc34)CC2)cc1. The van der Waals surface area contributed by atoms with E-state index in [9.17, 15) is 13.2 Å². The van der Waals surface area contributed by atoms with Crippen molar-refractivity contribution < 1.29 is 17.9 Å². The van der Waals surface area contributed by atoms with Gasteiger partial charge in [-0.1, -0.05) is 26.0 Å². The molecule has 1 aliphatic rings. The molecule has 1 fully saturated rings. The highest BCUT2D eigenvalue weighted by molar-refractivity contribution is 7.89. The van der Waals surface area contributed by atoms with Crippen molar-refractivity contribution in [2.24, 2.45) is 0 Å². The summed E-state index contributed by atoms with van der Waals surface area (Å²) in [6, 6.07) is 11.4. The molecule has 1 aromatic carbocycles. The largest absolute Gasteiger partial charge is 0.493 e. The van der Waals surface area contributed by atoms with Gasteiger partial charge >= 0.3 is 0 Å². The number of aromatic nitrogens is 2. The zero-order valence-corrected chi connectivity index (χ0v) is 19.1. The number of fused-ring (bicyclic) bond motifs is 1. The van der Waals surface area contributed by atoms with Crippen molar-refractivity contribution in [3.05, 3.63) is 54.4 Å². The molecule has 4 rings (SSSR count). The van der Waals surface area contributed by atoms with Crippen LogP contribution in [-0.2, 0) is 14.8 Å². The van der Waals surface area contributed by atoms with Crippen LogP contribution < -0.4 is 4.74 Å². The summed E-state index contributed by atoms with van der Waals surface area (Å²) in [5.41, 5.74) is 1.78. The van der Waals surface area contributed by atoms with E-state index in [-0.39, 0.29) is 30.3 Å². The van der Waals surface area contributed by atoms with Crippen molar-refractivity contribution in [1.29, 1.82) is 0 Å². The molecule has 1 aliphatic heterocycles. The van der Waals surface area contributed by atoms with E-state index < -0.39 is 10.0 Å². The number of benzene rings is 1. The normalized spacial score (nSPS) is 15.4. The van der Waals surface area contributed by atoms with Gasteiger partial charge in [-0.05, 0) is 35.7 Å². The zero-order chi connectivity index (χ0) is 22.7. The van der Waals surface area contributed by atoms with Crippen molar-refractivity contribution in [3.8, 4) is 5.75 Å². The number of pyridine rings is 1. The molecule has 32 heavy (non-hydrogen) atoms. The standard InChI is InChI=1S/C23H28N4O4S/c1-17(2)18-5-7-19(8-6-18)31-15-9-22(28)26-11-13-27(14-12-26)32(29,30)21-16-25-23-20(21)4-3-10-24-23/h3-8,10,16-17H,9,11-15H2,1-2H3,(H,24,25). The van der Waals surface area contributed by atoms with E-state index in [1.807, 2.05) is 24.3 Å². The lowest BCUT2D eigenvalue weighted by Gasteiger charge is -2.34. The van der Waals surface area contributed by atoms with Crippen molar-refractivity contribution in [2.45, 2.75) is 31.1 Å². The molecule has 2 aromatic heterocycles. The van der Waals surface area contributed by atoms with E-state index in [4.69, 9.17) is 4.74 Å². The third-order valence-electron chi connectivity index (χ3n) is 5.75. The summed E-state index contributed by atoms with van der Waals surface area (Å²) in [6.07, 6.45) is 3.35. The van der Waals surface area contributed by atoms with Crippen molar-refractivity contribution in [2.75, 3.05) is 32.8 Å². The van der Waals surface area contributed by atoms with Crippen LogP contribution in [0.4, 0.5) is 0 Å². The molecule has 0 bridgehead atoms. The highest BCUT2D eigenvalue weighted by Gasteiger charge is 2.31. The second-order valence-corrected chi connectivity index (χ2v) is 10.1. The van der Waals surface area contributed by atoms with Crippen molar-refractivity contribution in [3.63, 3.8) is 0 Å². The van der Waals surface area contributed by atoms with E-state index in [2.05, 4.69) is 23.8 Å². The van der Waals surface area contributed by atoms with Crippen LogP contribution in [0, 0.1) is 0 Å². The molecule has 1 saturated heterocycles. The first-order valence-corrected chi connectivity index (χ1v) is 12.2. The van der Waals surface area contributed by atoms with Gasteiger partial charge in [0.1, 0.15) is 16.3 Å². The summed E-state index contributed by atoms with van der Waals surface area (Å²) in [5, 5.41) is 0.574. The first kappa shape index (κ1) is 22.3. The summed E-state index contributed by atoms with van der Waals surface area (Å²) in [7, 11) is -3.66. The number of sulfonamides is 1. The van der Waals surface area contributed by atoms with Crippen LogP contribution in [0.15, 0.2) is 53.7 Å². The van der Waals surface area contributed by atoms with Crippen LogP contribution in [-0.4, -0.2) is 66.3 Å². The predicted molar refractivity (Wildman–Crippen MR) is 122 cm³/mol. The van der Waals surface area contributed by atoms with Gasteiger partial charge in [-0.3, -0.25) is 4.79 Å². The molecule has 9 heteroatoms. The maximum Gasteiger partial charge on any atom is 0.245 e. The summed E-state index contributed by atoms with van der Waals surface area (Å²) < 4.78 is 33.3. The summed E-state index contributed by atoms with van der Waals surface area (Å²) in [5.74, 6) is 1.17. The minimum atomic E-state index is -3.66. The molecular weight excluding hydrogens is 428 g/mol. The number of piperazine rings is 1. The lowest BCUT2D eigenvalue weighted by atomic mass is 10.0. The van der Waals surface area contributed by atoms with E-state index in [1.165, 1.54) is 16.1 Å². The predicted octanol–water partition coefficient (Wildman–Crippen LogP) is 2.99. The quantitative estimate of drug-likeness (QED) is 0.590. The Hall–Kier alpha value is -2.91. The highest BCUT2D eigenvalue weighted by atomic mass is 32.2. The minimum absolute atomic E-state index is 0.0304. The number of H-pyrrole nitrogens is 1. The van der Waals surface area contributed by atoms with Gasteiger partial charge in [-0.15, -0.1) is 0 Å². The van der Waals surface area contributed by atoms with Gasteiger partial charge < -0.3 is 14.6 Å². The number of ether oxygens (including phenoxy) is 1. The molecule has 0 unspecified atom stereocenters. The van der Waals surface area contributed by atoms with Gasteiger partial charge in [-0.25, -0.2) is 13.4 Å². The smallest absolute Gasteiger partial charge is 0.245 e. The molecular formula is C23H28N4O4S. The molecule has 170 valence electrons. The Bertz CT molecular complexity index is 1180. The van der Waals surface area contributed by atoms with Crippen LogP contribution in [0.5, 0.6) is 5.75 Å². The Morgan fingerprint density at radius 1 is 1.12 bits per heavy atom. The van der Waals surface area contributed by atoms with Gasteiger partial charge in [0.15, 0.2) is 0 Å². The number of carbonyl (C=O) groups is 1. The fourth-order valence-corrected chi connectivity index (χ4v) is 5.40. The molecule has 0 radical (unpaired) electrons. The Labute approximate surface area is 188 Å². The van der Waals surface area contributed by atoms with Crippen LogP contribution in [0.3, 0.4) is 0 Å². The van der Waals surface area contributed by atoms with Gasteiger partial charge in [0.25, 0.3) is 0 Å². The Morgan fingerprint density at radius 2 is 1.84 bits per heavy atom. The Kier molecular flexibility index (Phi) is 6.48. The number of carbonyl (C=O) groups excluding carboxylic acids is 1. The van der Waals surface area contributed by atoms with E-state index >= 15 is 0 Å². The summed E-state index contributed by atoms with van der Waals surface area (Å²) in [6.45, 7) is 5.82. The molecule has 0 aliphatic carbocycles. The van der Waals surface area contributed by atoms with E-state index in [1.54, 1.807) is 23.2 Å². The molecule has 0 atom stereocenters. The number of nitrogens with zero attached hydrogens (tertiary/aromatic N) is 3. The molecule has 1 amide bonds. The van der Waals surface area contributed by atoms with Gasteiger partial charge in [0.2, 0.25) is 15.9 Å². The van der Waals surface area contributed by atoms with Crippen molar-refractivity contribution in [1.82, 2.24) is 19.2 Å². The van der Waals surface area contributed by atoms with Gasteiger partial charge in [-0.2, -0.15) is 4.31 Å². The first-order chi connectivity index (χ1) is 15.4. The molecule has 3 aromatic rings. The van der Waals surface area contributed by atoms with Crippen LogP contribution in [0.2, 0.25) is 0 Å². The monoisotopic (exact) mass is 456 g/mol. The lowest BCUT2D eigenvalue weighted by Crippen LogP contribution is -2.50. The van der Waals surface area contributed by atoms with Gasteiger partial charge in [0.05, 0.1) is 13.0 Å². The average molecular weight is 457 g/mol. The number of hydrogen-bond acceptors (Lipinski definition) is 5. The van der Waals surface area contributed by atoms with Crippen LogP contribution in [0.1, 0.15) is 31.7 Å². The fourth-order valence-electron chi connectivity index (χ4n) is 3.82. The second-order valence-electron chi connectivity index (χ2n) is 8.16. The maximum absolute atomic E-state index is 13.1. The summed E-state index contributed by atoms with van der Waals surface area (Å²) >= 11 is 0. The molecule has 3 heterocycles. The average Bonchev–Trinajstić information content (AvgIpc) is 3.24. The van der Waals surface area contributed by atoms with Gasteiger partial charge in [0, 0.05) is 44.0 Å². The Morgan fingerprint density at radius 3 is 2.53 bits per heavy atom. The van der Waals surface area contributed by atoms with E-state index in [0.717, 1.165) is 5.75 Å². The zero-order valence-electron chi connectivity index (χ0n) is 18.3. The third-order valence-corrected chi connectivity index (χ3v) is 7.69. The van der Waals surface area contributed by atoms with Crippen LogP contribution in [0.25, 0.3) is 11.0 Å². The first-order valence-electron chi connectivity index (χ1n) is 10.8. The molecule has 8 nitrogen and oxygen atoms in total. The fraction of sp³-hybridized carbons (Fsp3) is 0.391. The maximum atomic E-state index is 13.1. The molecule has 1 N–H and O–H groups in total. The number of amides is 1. The molecule has 0 saturated carbocycles. The number of hydrogen-bond donors (Lipinski definition) is 1. The number of aromatic amines is 1. The molecule has 0 spiro atoms. The van der Waals surface area contributed by atoms with Crippen molar-refractivity contribution >= 4 is 27.0 Å². The second kappa shape index (κ2) is 9.30. The highest BCUT2D eigenvalue weighted by Crippen LogP contribution is 2.25. The summed E-state index contributed by atoms with van der Waals surface area (Å²) in [4.78, 5) is 21.5. The third kappa shape index (κ3) is 4.63. The Balaban J connectivity index is 1.29.